The van der Waals surface area contributed by atoms with Gasteiger partial charge in [0.15, 0.2) is 0 Å². The van der Waals surface area contributed by atoms with Gasteiger partial charge >= 0.3 is 5.97 Å². The highest BCUT2D eigenvalue weighted by Gasteiger charge is 2.12. The molecule has 1 aromatic rings. The normalized spacial score (nSPS) is 9.71. The van der Waals surface area contributed by atoms with Gasteiger partial charge in [-0.25, -0.2) is 4.79 Å². The first-order valence-corrected chi connectivity index (χ1v) is 4.39. The number of hydrogen-bond donors (Lipinski definition) is 2. The highest BCUT2D eigenvalue weighted by atomic mass is 35.5. The summed E-state index contributed by atoms with van der Waals surface area (Å²) in [6, 6.07) is 2.85. The van der Waals surface area contributed by atoms with Gasteiger partial charge in [-0.2, -0.15) is 0 Å². The van der Waals surface area contributed by atoms with E-state index >= 15 is 0 Å². The standard InChI is InChI=1S/C8H8Cl2N2O2/c1-14-8(13)4-2-5(9)7(12-11)6(10)3-4/h2-3,12H,11H2,1H3. The molecule has 0 unspecified atom stereocenters. The van der Waals surface area contributed by atoms with E-state index in [1.54, 1.807) is 0 Å². The summed E-state index contributed by atoms with van der Waals surface area (Å²) in [7, 11) is 1.28. The lowest BCUT2D eigenvalue weighted by atomic mass is 10.2. The molecule has 6 heteroatoms. The lowest BCUT2D eigenvalue weighted by molar-refractivity contribution is 0.0601. The molecule has 14 heavy (non-hydrogen) atoms. The predicted molar refractivity (Wildman–Crippen MR) is 55.6 cm³/mol. The zero-order valence-electron chi connectivity index (χ0n) is 7.30. The lowest BCUT2D eigenvalue weighted by Crippen LogP contribution is -2.09. The van der Waals surface area contributed by atoms with Gasteiger partial charge in [0.2, 0.25) is 0 Å². The second-order valence-corrected chi connectivity index (χ2v) is 3.27. The molecule has 0 fully saturated rings. The smallest absolute Gasteiger partial charge is 0.337 e. The number of rotatable bonds is 2. The van der Waals surface area contributed by atoms with Crippen LogP contribution < -0.4 is 11.3 Å². The van der Waals surface area contributed by atoms with E-state index in [0.29, 0.717) is 5.69 Å². The molecule has 0 bridgehead atoms. The first-order chi connectivity index (χ1) is 6.60. The number of nitrogens with two attached hydrogens (primary N) is 1. The number of methoxy groups -OCH3 is 1. The van der Waals surface area contributed by atoms with Crippen LogP contribution in [0.25, 0.3) is 0 Å². The zero-order valence-corrected chi connectivity index (χ0v) is 8.82. The summed E-state index contributed by atoms with van der Waals surface area (Å²) in [5.74, 6) is 4.67. The summed E-state index contributed by atoms with van der Waals surface area (Å²) >= 11 is 11.6. The van der Waals surface area contributed by atoms with Crippen LogP contribution >= 0.6 is 23.2 Å². The Bertz CT molecular complexity index is 345. The van der Waals surface area contributed by atoms with Crippen molar-refractivity contribution >= 4 is 34.9 Å². The molecule has 76 valence electrons. The van der Waals surface area contributed by atoms with E-state index in [4.69, 9.17) is 29.0 Å². The number of hydrogen-bond acceptors (Lipinski definition) is 4. The summed E-state index contributed by atoms with van der Waals surface area (Å²) in [5, 5.41) is 0.529. The number of carbonyl (C=O) groups is 1. The molecule has 0 aliphatic heterocycles. The molecule has 0 aliphatic rings. The minimum Gasteiger partial charge on any atom is -0.465 e. The quantitative estimate of drug-likeness (QED) is 0.467. The van der Waals surface area contributed by atoms with E-state index < -0.39 is 5.97 Å². The number of benzene rings is 1. The van der Waals surface area contributed by atoms with Crippen molar-refractivity contribution in [3.63, 3.8) is 0 Å². The minimum absolute atomic E-state index is 0.264. The number of esters is 1. The Balaban J connectivity index is 3.20. The van der Waals surface area contributed by atoms with Crippen LogP contribution in [0.15, 0.2) is 12.1 Å². The molecule has 0 saturated heterocycles. The van der Waals surface area contributed by atoms with Crippen molar-refractivity contribution < 1.29 is 9.53 Å². The maximum atomic E-state index is 11.1. The largest absolute Gasteiger partial charge is 0.465 e. The van der Waals surface area contributed by atoms with Gasteiger partial charge in [-0.3, -0.25) is 5.84 Å². The summed E-state index contributed by atoms with van der Waals surface area (Å²) < 4.78 is 4.51. The molecule has 0 spiro atoms. The molecular weight excluding hydrogens is 227 g/mol. The average molecular weight is 235 g/mol. The SMILES string of the molecule is COC(=O)c1cc(Cl)c(NN)c(Cl)c1. The third-order valence-corrected chi connectivity index (χ3v) is 2.20. The molecule has 0 heterocycles. The molecule has 1 aromatic carbocycles. The third-order valence-electron chi connectivity index (χ3n) is 1.61. The van der Waals surface area contributed by atoms with Gasteiger partial charge in [-0.05, 0) is 12.1 Å². The topological polar surface area (TPSA) is 64.3 Å². The molecule has 0 amide bonds. The molecule has 0 atom stereocenters. The van der Waals surface area contributed by atoms with Crippen molar-refractivity contribution in [2.45, 2.75) is 0 Å². The second-order valence-electron chi connectivity index (χ2n) is 2.45. The number of ether oxygens (including phenoxy) is 1. The lowest BCUT2D eigenvalue weighted by Gasteiger charge is -2.07. The molecular formula is C8H8Cl2N2O2. The number of anilines is 1. The minimum atomic E-state index is -0.502. The maximum Gasteiger partial charge on any atom is 0.337 e. The van der Waals surface area contributed by atoms with E-state index in [9.17, 15) is 4.79 Å². The van der Waals surface area contributed by atoms with Crippen molar-refractivity contribution in [1.82, 2.24) is 0 Å². The van der Waals surface area contributed by atoms with Crippen LogP contribution in [-0.4, -0.2) is 13.1 Å². The Morgan fingerprint density at radius 1 is 1.43 bits per heavy atom. The first kappa shape index (κ1) is 11.1. The van der Waals surface area contributed by atoms with Crippen LogP contribution in [0.2, 0.25) is 10.0 Å². The van der Waals surface area contributed by atoms with Gasteiger partial charge in [0, 0.05) is 0 Å². The fourth-order valence-electron chi connectivity index (χ4n) is 0.947. The van der Waals surface area contributed by atoms with Crippen molar-refractivity contribution in [2.24, 2.45) is 5.84 Å². The number of nitrogen functional groups attached to an aromatic ring is 1. The average Bonchev–Trinajstić information content (AvgIpc) is 2.16. The van der Waals surface area contributed by atoms with Gasteiger partial charge in [-0.15, -0.1) is 0 Å². The fraction of sp³-hybridized carbons (Fsp3) is 0.125. The van der Waals surface area contributed by atoms with Gasteiger partial charge in [0.1, 0.15) is 0 Å². The van der Waals surface area contributed by atoms with Crippen LogP contribution in [0, 0.1) is 0 Å². The van der Waals surface area contributed by atoms with Crippen LogP contribution in [0.4, 0.5) is 5.69 Å². The van der Waals surface area contributed by atoms with Gasteiger partial charge in [-0.1, -0.05) is 23.2 Å². The molecule has 0 saturated carbocycles. The van der Waals surface area contributed by atoms with E-state index in [0.717, 1.165) is 0 Å². The molecule has 1 rings (SSSR count). The van der Waals surface area contributed by atoms with Gasteiger partial charge in [0.05, 0.1) is 28.4 Å². The third kappa shape index (κ3) is 2.09. The Morgan fingerprint density at radius 3 is 2.29 bits per heavy atom. The summed E-state index contributed by atoms with van der Waals surface area (Å²) in [4.78, 5) is 11.1. The number of carbonyl (C=O) groups excluding carboxylic acids is 1. The molecule has 0 aliphatic carbocycles. The monoisotopic (exact) mass is 234 g/mol. The van der Waals surface area contributed by atoms with Crippen molar-refractivity contribution in [1.29, 1.82) is 0 Å². The van der Waals surface area contributed by atoms with Gasteiger partial charge in [0.25, 0.3) is 0 Å². The number of halogens is 2. The maximum absolute atomic E-state index is 11.1. The first-order valence-electron chi connectivity index (χ1n) is 3.64. The second kappa shape index (κ2) is 4.50. The van der Waals surface area contributed by atoms with E-state index in [2.05, 4.69) is 10.2 Å². The van der Waals surface area contributed by atoms with Crippen molar-refractivity contribution in [3.8, 4) is 0 Å². The fourth-order valence-corrected chi connectivity index (χ4v) is 1.54. The van der Waals surface area contributed by atoms with Crippen LogP contribution in [0.3, 0.4) is 0 Å². The summed E-state index contributed by atoms with van der Waals surface area (Å²) in [6.07, 6.45) is 0. The molecule has 0 aromatic heterocycles. The predicted octanol–water partition coefficient (Wildman–Crippen LogP) is 2.07. The van der Waals surface area contributed by atoms with Gasteiger partial charge < -0.3 is 10.2 Å². The van der Waals surface area contributed by atoms with Crippen LogP contribution in [-0.2, 0) is 4.74 Å². The van der Waals surface area contributed by atoms with E-state index in [-0.39, 0.29) is 15.6 Å². The highest BCUT2D eigenvalue weighted by molar-refractivity contribution is 6.39. The van der Waals surface area contributed by atoms with Crippen molar-refractivity contribution in [3.05, 3.63) is 27.7 Å². The summed E-state index contributed by atoms with van der Waals surface area (Å²) in [6.45, 7) is 0. The van der Waals surface area contributed by atoms with E-state index in [1.165, 1.54) is 19.2 Å². The van der Waals surface area contributed by atoms with Crippen LogP contribution in [0.1, 0.15) is 10.4 Å². The Morgan fingerprint density at radius 2 is 1.93 bits per heavy atom. The number of nitrogens with one attached hydrogen (secondary N) is 1. The summed E-state index contributed by atoms with van der Waals surface area (Å²) in [5.41, 5.74) is 2.99. The van der Waals surface area contributed by atoms with Crippen LogP contribution in [0.5, 0.6) is 0 Å². The number of hydrazine groups is 1. The Labute approximate surface area is 90.9 Å². The highest BCUT2D eigenvalue weighted by Crippen LogP contribution is 2.31. The molecule has 4 nitrogen and oxygen atoms in total. The van der Waals surface area contributed by atoms with E-state index in [1.807, 2.05) is 0 Å². The molecule has 3 N–H and O–H groups in total. The Hall–Kier alpha value is -0.970. The molecule has 0 radical (unpaired) electrons. The zero-order chi connectivity index (χ0) is 10.7. The Kier molecular flexibility index (Phi) is 3.57. The van der Waals surface area contributed by atoms with Crippen molar-refractivity contribution in [2.75, 3.05) is 12.5 Å².